The topological polar surface area (TPSA) is 37.3 Å². The van der Waals surface area contributed by atoms with Crippen molar-refractivity contribution in [1.82, 2.24) is 0 Å². The molecule has 0 aliphatic carbocycles. The fourth-order valence-corrected chi connectivity index (χ4v) is 2.19. The van der Waals surface area contributed by atoms with Gasteiger partial charge in [-0.15, -0.1) is 0 Å². The van der Waals surface area contributed by atoms with Crippen LogP contribution in [0.3, 0.4) is 0 Å². The quantitative estimate of drug-likeness (QED) is 0.813. The highest BCUT2D eigenvalue weighted by molar-refractivity contribution is 9.11. The van der Waals surface area contributed by atoms with E-state index in [0.29, 0.717) is 19.3 Å². The Morgan fingerprint density at radius 1 is 1.41 bits per heavy atom. The Balaban J connectivity index is 2.39. The molecule has 1 aromatic rings. The number of aliphatic hydroxyl groups is 1. The van der Waals surface area contributed by atoms with Crippen LogP contribution in [-0.4, -0.2) is 17.0 Å². The Hall–Kier alpha value is -0.930. The highest BCUT2D eigenvalue weighted by Gasteiger charge is 2.04. The van der Waals surface area contributed by atoms with Crippen LogP contribution in [0.25, 0.3) is 0 Å². The lowest BCUT2D eigenvalue weighted by molar-refractivity contribution is 0.0983. The highest BCUT2D eigenvalue weighted by atomic mass is 79.9. The number of carbonyl (C=O) groups excluding carboxylic acids is 1. The van der Waals surface area contributed by atoms with Crippen LogP contribution >= 0.6 is 15.9 Å². The summed E-state index contributed by atoms with van der Waals surface area (Å²) in [6, 6.07) is 9.29. The molecule has 0 saturated carbocycles. The zero-order chi connectivity index (χ0) is 12.7. The van der Waals surface area contributed by atoms with E-state index in [0.717, 1.165) is 10.0 Å². The van der Waals surface area contributed by atoms with Crippen molar-refractivity contribution < 1.29 is 9.90 Å². The number of halogens is 1. The fourth-order valence-electron chi connectivity index (χ4n) is 1.49. The maximum absolute atomic E-state index is 11.8. The minimum Gasteiger partial charge on any atom is -0.393 e. The van der Waals surface area contributed by atoms with E-state index in [1.54, 1.807) is 6.92 Å². The summed E-state index contributed by atoms with van der Waals surface area (Å²) in [5, 5.41) is 9.17. The smallest absolute Gasteiger partial charge is 0.163 e. The van der Waals surface area contributed by atoms with E-state index in [9.17, 15) is 9.90 Å². The summed E-state index contributed by atoms with van der Waals surface area (Å²) in [5.41, 5.74) is 0.757. The molecule has 92 valence electrons. The first-order valence-corrected chi connectivity index (χ1v) is 6.49. The first kappa shape index (κ1) is 14.1. The van der Waals surface area contributed by atoms with E-state index in [2.05, 4.69) is 15.9 Å². The van der Waals surface area contributed by atoms with Gasteiger partial charge in [0.05, 0.1) is 6.10 Å². The molecule has 1 aromatic carbocycles. The average Bonchev–Trinajstić information content (AvgIpc) is 2.29. The normalized spacial score (nSPS) is 13.5. The molecular formula is C14H17BrO2. The van der Waals surface area contributed by atoms with Crippen molar-refractivity contribution in [2.45, 2.75) is 32.3 Å². The van der Waals surface area contributed by atoms with Gasteiger partial charge in [0.25, 0.3) is 0 Å². The number of hydrogen-bond donors (Lipinski definition) is 1. The first-order valence-electron chi connectivity index (χ1n) is 5.70. The number of hydrogen-bond acceptors (Lipinski definition) is 2. The summed E-state index contributed by atoms with van der Waals surface area (Å²) < 4.78 is 0.952. The molecule has 0 heterocycles. The molecule has 17 heavy (non-hydrogen) atoms. The lowest BCUT2D eigenvalue weighted by Gasteiger charge is -2.02. The van der Waals surface area contributed by atoms with Crippen LogP contribution in [-0.2, 0) is 0 Å². The molecule has 2 nitrogen and oxygen atoms in total. The Morgan fingerprint density at radius 3 is 2.65 bits per heavy atom. The Labute approximate surface area is 110 Å². The van der Waals surface area contributed by atoms with Gasteiger partial charge in [-0.05, 0) is 17.8 Å². The van der Waals surface area contributed by atoms with Crippen LogP contribution in [0.1, 0.15) is 36.5 Å². The summed E-state index contributed by atoms with van der Waals surface area (Å²) in [7, 11) is 0. The SMILES string of the molecule is CC(O)C/C(Br)=C/CCC(=O)c1ccccc1. The molecule has 0 bridgehead atoms. The minimum atomic E-state index is -0.356. The predicted molar refractivity (Wildman–Crippen MR) is 73.3 cm³/mol. The third-order valence-electron chi connectivity index (χ3n) is 2.32. The second-order valence-electron chi connectivity index (χ2n) is 4.03. The molecule has 3 heteroatoms. The van der Waals surface area contributed by atoms with Crippen LogP contribution in [0.15, 0.2) is 40.9 Å². The van der Waals surface area contributed by atoms with E-state index in [1.165, 1.54) is 0 Å². The van der Waals surface area contributed by atoms with Gasteiger partial charge in [0, 0.05) is 18.4 Å². The van der Waals surface area contributed by atoms with Crippen LogP contribution in [0.4, 0.5) is 0 Å². The van der Waals surface area contributed by atoms with Gasteiger partial charge < -0.3 is 5.11 Å². The van der Waals surface area contributed by atoms with Crippen molar-refractivity contribution in [3.63, 3.8) is 0 Å². The lowest BCUT2D eigenvalue weighted by Crippen LogP contribution is -1.99. The lowest BCUT2D eigenvalue weighted by atomic mass is 10.1. The third kappa shape index (κ3) is 5.80. The molecule has 0 amide bonds. The van der Waals surface area contributed by atoms with Crippen LogP contribution in [0, 0.1) is 0 Å². The molecule has 0 aromatic heterocycles. The first-order chi connectivity index (χ1) is 8.09. The van der Waals surface area contributed by atoms with E-state index < -0.39 is 0 Å². The van der Waals surface area contributed by atoms with Gasteiger partial charge in [-0.2, -0.15) is 0 Å². The fraction of sp³-hybridized carbons (Fsp3) is 0.357. The molecule has 0 spiro atoms. The predicted octanol–water partition coefficient (Wildman–Crippen LogP) is 3.70. The Morgan fingerprint density at radius 2 is 2.06 bits per heavy atom. The van der Waals surface area contributed by atoms with Crippen LogP contribution in [0.5, 0.6) is 0 Å². The third-order valence-corrected chi connectivity index (χ3v) is 2.97. The van der Waals surface area contributed by atoms with Crippen molar-refractivity contribution in [2.24, 2.45) is 0 Å². The van der Waals surface area contributed by atoms with Gasteiger partial charge in [-0.1, -0.05) is 52.3 Å². The van der Waals surface area contributed by atoms with Gasteiger partial charge in [0.15, 0.2) is 5.78 Å². The van der Waals surface area contributed by atoms with E-state index in [-0.39, 0.29) is 11.9 Å². The average molecular weight is 297 g/mol. The molecule has 0 aliphatic rings. The summed E-state index contributed by atoms with van der Waals surface area (Å²) in [4.78, 5) is 11.8. The van der Waals surface area contributed by atoms with Gasteiger partial charge >= 0.3 is 0 Å². The maximum atomic E-state index is 11.8. The van der Waals surface area contributed by atoms with Crippen molar-refractivity contribution in [2.75, 3.05) is 0 Å². The number of rotatable bonds is 6. The number of carbonyl (C=O) groups is 1. The Bertz CT molecular complexity index is 382. The van der Waals surface area contributed by atoms with Crippen molar-refractivity contribution in [3.8, 4) is 0 Å². The molecular weight excluding hydrogens is 280 g/mol. The molecule has 0 fully saturated rings. The number of Topliss-reactive ketones (excluding diaryl/α,β-unsaturated/α-hetero) is 1. The van der Waals surface area contributed by atoms with E-state index >= 15 is 0 Å². The van der Waals surface area contributed by atoms with Crippen molar-refractivity contribution in [3.05, 3.63) is 46.5 Å². The van der Waals surface area contributed by atoms with Crippen molar-refractivity contribution in [1.29, 1.82) is 0 Å². The van der Waals surface area contributed by atoms with Gasteiger partial charge in [-0.3, -0.25) is 4.79 Å². The second kappa shape index (κ2) is 7.41. The van der Waals surface area contributed by atoms with Gasteiger partial charge in [0.2, 0.25) is 0 Å². The highest BCUT2D eigenvalue weighted by Crippen LogP contribution is 2.15. The molecule has 0 aliphatic heterocycles. The minimum absolute atomic E-state index is 0.152. The number of ketones is 1. The summed E-state index contributed by atoms with van der Waals surface area (Å²) in [6.07, 6.45) is 3.39. The van der Waals surface area contributed by atoms with Gasteiger partial charge in [0.1, 0.15) is 0 Å². The monoisotopic (exact) mass is 296 g/mol. The molecule has 0 radical (unpaired) electrons. The van der Waals surface area contributed by atoms with Gasteiger partial charge in [-0.25, -0.2) is 0 Å². The molecule has 1 unspecified atom stereocenters. The summed E-state index contributed by atoms with van der Waals surface area (Å²) in [5.74, 6) is 0.152. The standard InChI is InChI=1S/C14H17BrO2/c1-11(16)10-13(15)8-5-9-14(17)12-6-3-2-4-7-12/h2-4,6-8,11,16H,5,9-10H2,1H3/b13-8-. The second-order valence-corrected chi connectivity index (χ2v) is 5.05. The molecule has 1 rings (SSSR count). The van der Waals surface area contributed by atoms with E-state index in [4.69, 9.17) is 0 Å². The molecule has 1 atom stereocenters. The van der Waals surface area contributed by atoms with Crippen LogP contribution < -0.4 is 0 Å². The summed E-state index contributed by atoms with van der Waals surface area (Å²) in [6.45, 7) is 1.74. The molecule has 1 N–H and O–H groups in total. The molecule has 0 saturated heterocycles. The number of allylic oxidation sites excluding steroid dienone is 1. The zero-order valence-electron chi connectivity index (χ0n) is 9.90. The Kier molecular flexibility index (Phi) is 6.16. The zero-order valence-corrected chi connectivity index (χ0v) is 11.5. The summed E-state index contributed by atoms with van der Waals surface area (Å²) >= 11 is 3.37. The van der Waals surface area contributed by atoms with Crippen LogP contribution in [0.2, 0.25) is 0 Å². The van der Waals surface area contributed by atoms with Crippen molar-refractivity contribution >= 4 is 21.7 Å². The number of aliphatic hydroxyl groups excluding tert-OH is 1. The van der Waals surface area contributed by atoms with E-state index in [1.807, 2.05) is 36.4 Å². The maximum Gasteiger partial charge on any atom is 0.163 e. The number of benzene rings is 1. The largest absolute Gasteiger partial charge is 0.393 e.